The zero-order chi connectivity index (χ0) is 16.9. The number of aromatic nitrogens is 1. The molecule has 1 atom stereocenters. The van der Waals surface area contributed by atoms with Gasteiger partial charge in [-0.1, -0.05) is 26.3 Å². The summed E-state index contributed by atoms with van der Waals surface area (Å²) in [5, 5.41) is 0. The van der Waals surface area contributed by atoms with Gasteiger partial charge in [-0.3, -0.25) is 0 Å². The van der Waals surface area contributed by atoms with E-state index in [-0.39, 0.29) is 0 Å². The summed E-state index contributed by atoms with van der Waals surface area (Å²) in [7, 11) is 0. The van der Waals surface area contributed by atoms with Gasteiger partial charge in [0.2, 0.25) is 5.88 Å². The number of ether oxygens (including phenoxy) is 1. The molecule has 0 amide bonds. The summed E-state index contributed by atoms with van der Waals surface area (Å²) >= 11 is 0. The molecule has 1 aromatic carbocycles. The number of benzene rings is 1. The van der Waals surface area contributed by atoms with E-state index in [2.05, 4.69) is 48.0 Å². The summed E-state index contributed by atoms with van der Waals surface area (Å²) in [5.41, 5.74) is 5.29. The van der Waals surface area contributed by atoms with Crippen molar-refractivity contribution in [3.63, 3.8) is 0 Å². The van der Waals surface area contributed by atoms with E-state index in [1.54, 1.807) is 0 Å². The Morgan fingerprint density at radius 1 is 1.17 bits per heavy atom. The molecule has 24 heavy (non-hydrogen) atoms. The predicted octanol–water partition coefficient (Wildman–Crippen LogP) is 4.95. The van der Waals surface area contributed by atoms with Crippen molar-refractivity contribution >= 4 is 5.69 Å². The number of hydrogen-bond acceptors (Lipinski definition) is 3. The van der Waals surface area contributed by atoms with Gasteiger partial charge >= 0.3 is 0 Å². The zero-order valence-corrected chi connectivity index (χ0v) is 15.1. The fourth-order valence-corrected chi connectivity index (χ4v) is 3.33. The molecule has 1 aromatic heterocycles. The second kappa shape index (κ2) is 7.69. The Bertz CT molecular complexity index is 666. The number of nitrogens with zero attached hydrogens (tertiary/aromatic N) is 2. The topological polar surface area (TPSA) is 25.4 Å². The van der Waals surface area contributed by atoms with Crippen molar-refractivity contribution < 1.29 is 4.74 Å². The van der Waals surface area contributed by atoms with E-state index in [0.717, 1.165) is 18.0 Å². The fourth-order valence-electron chi connectivity index (χ4n) is 3.33. The zero-order valence-electron chi connectivity index (χ0n) is 15.1. The highest BCUT2D eigenvalue weighted by molar-refractivity contribution is 5.69. The van der Waals surface area contributed by atoms with Crippen molar-refractivity contribution in [3.8, 4) is 17.0 Å². The second-order valence-electron chi connectivity index (χ2n) is 6.72. The Morgan fingerprint density at radius 3 is 2.71 bits per heavy atom. The maximum atomic E-state index is 5.43. The summed E-state index contributed by atoms with van der Waals surface area (Å²) in [6.45, 7) is 9.59. The highest BCUT2D eigenvalue weighted by atomic mass is 16.5. The minimum Gasteiger partial charge on any atom is -0.478 e. The molecular formula is C21H28N2O. The summed E-state index contributed by atoms with van der Waals surface area (Å²) in [4.78, 5) is 6.95. The lowest BCUT2D eigenvalue weighted by molar-refractivity contribution is 0.327. The van der Waals surface area contributed by atoms with Crippen molar-refractivity contribution in [2.75, 3.05) is 24.6 Å². The summed E-state index contributed by atoms with van der Waals surface area (Å²) in [5.74, 6) is 1.44. The van der Waals surface area contributed by atoms with Crippen molar-refractivity contribution in [1.82, 2.24) is 4.98 Å². The average molecular weight is 324 g/mol. The SMILES string of the molecule is CCOc1ccc(-c2ccc3c(c2)CCCN3CC(C)CC)cn1. The van der Waals surface area contributed by atoms with E-state index >= 15 is 0 Å². The lowest BCUT2D eigenvalue weighted by Gasteiger charge is -2.33. The normalized spacial score (nSPS) is 15.0. The number of fused-ring (bicyclic) bond motifs is 1. The third kappa shape index (κ3) is 3.72. The quantitative estimate of drug-likeness (QED) is 0.752. The number of aryl methyl sites for hydroxylation is 1. The summed E-state index contributed by atoms with van der Waals surface area (Å²) in [6, 6.07) is 10.9. The van der Waals surface area contributed by atoms with Crippen molar-refractivity contribution in [1.29, 1.82) is 0 Å². The largest absolute Gasteiger partial charge is 0.478 e. The van der Waals surface area contributed by atoms with Crippen LogP contribution in [0.25, 0.3) is 11.1 Å². The van der Waals surface area contributed by atoms with Crippen LogP contribution in [-0.2, 0) is 6.42 Å². The van der Waals surface area contributed by atoms with Gasteiger partial charge in [-0.25, -0.2) is 4.98 Å². The molecule has 0 saturated heterocycles. The van der Waals surface area contributed by atoms with Gasteiger partial charge in [0.05, 0.1) is 6.61 Å². The third-order valence-electron chi connectivity index (χ3n) is 4.89. The second-order valence-corrected chi connectivity index (χ2v) is 6.72. The van der Waals surface area contributed by atoms with Crippen molar-refractivity contribution in [2.45, 2.75) is 40.0 Å². The van der Waals surface area contributed by atoms with E-state index in [1.165, 1.54) is 42.6 Å². The van der Waals surface area contributed by atoms with E-state index in [4.69, 9.17) is 4.74 Å². The van der Waals surface area contributed by atoms with E-state index in [9.17, 15) is 0 Å². The van der Waals surface area contributed by atoms with Crippen LogP contribution in [0.4, 0.5) is 5.69 Å². The van der Waals surface area contributed by atoms with Gasteiger partial charge in [0.15, 0.2) is 0 Å². The molecule has 0 fully saturated rings. The van der Waals surface area contributed by atoms with Gasteiger partial charge in [0.1, 0.15) is 0 Å². The summed E-state index contributed by atoms with van der Waals surface area (Å²) < 4.78 is 5.43. The Labute approximate surface area is 145 Å². The first kappa shape index (κ1) is 16.8. The summed E-state index contributed by atoms with van der Waals surface area (Å²) in [6.07, 6.45) is 5.56. The first-order valence-corrected chi connectivity index (χ1v) is 9.18. The van der Waals surface area contributed by atoms with Crippen LogP contribution in [0, 0.1) is 5.92 Å². The Kier molecular flexibility index (Phi) is 5.39. The van der Waals surface area contributed by atoms with Crippen LogP contribution in [-0.4, -0.2) is 24.7 Å². The van der Waals surface area contributed by atoms with Crippen LogP contribution in [0.5, 0.6) is 5.88 Å². The molecule has 2 aromatic rings. The van der Waals surface area contributed by atoms with E-state index in [0.29, 0.717) is 12.5 Å². The first-order chi connectivity index (χ1) is 11.7. The van der Waals surface area contributed by atoms with Crippen LogP contribution in [0.1, 0.15) is 39.2 Å². The molecule has 0 N–H and O–H groups in total. The molecule has 0 saturated carbocycles. The predicted molar refractivity (Wildman–Crippen MR) is 101 cm³/mol. The molecule has 1 unspecified atom stereocenters. The molecule has 1 aliphatic heterocycles. The van der Waals surface area contributed by atoms with Crippen LogP contribution in [0.15, 0.2) is 36.5 Å². The van der Waals surface area contributed by atoms with Gasteiger partial charge in [0.25, 0.3) is 0 Å². The monoisotopic (exact) mass is 324 g/mol. The minimum absolute atomic E-state index is 0.650. The maximum Gasteiger partial charge on any atom is 0.213 e. The number of rotatable bonds is 6. The van der Waals surface area contributed by atoms with Crippen LogP contribution < -0.4 is 9.64 Å². The van der Waals surface area contributed by atoms with Gasteiger partial charge in [-0.05, 0) is 55.0 Å². The van der Waals surface area contributed by atoms with Gasteiger partial charge in [-0.2, -0.15) is 0 Å². The van der Waals surface area contributed by atoms with Gasteiger partial charge < -0.3 is 9.64 Å². The molecule has 3 heteroatoms. The van der Waals surface area contributed by atoms with Crippen molar-refractivity contribution in [2.24, 2.45) is 5.92 Å². The van der Waals surface area contributed by atoms with Crippen LogP contribution in [0.2, 0.25) is 0 Å². The third-order valence-corrected chi connectivity index (χ3v) is 4.89. The number of anilines is 1. The molecule has 3 nitrogen and oxygen atoms in total. The standard InChI is InChI=1S/C21H28N2O/c1-4-16(3)15-23-12-6-7-18-13-17(8-10-20(18)23)19-9-11-21(22-14-19)24-5-2/h8-11,13-14,16H,4-7,12,15H2,1-3H3. The van der Waals surface area contributed by atoms with Gasteiger partial charge in [0, 0.05) is 36.6 Å². The lowest BCUT2D eigenvalue weighted by Crippen LogP contribution is -2.33. The Morgan fingerprint density at radius 2 is 2.00 bits per heavy atom. The Hall–Kier alpha value is -2.03. The van der Waals surface area contributed by atoms with Crippen LogP contribution >= 0.6 is 0 Å². The molecule has 0 spiro atoms. The molecule has 128 valence electrons. The number of hydrogen-bond donors (Lipinski definition) is 0. The number of pyridine rings is 1. The molecule has 0 bridgehead atoms. The molecule has 3 rings (SSSR count). The lowest BCUT2D eigenvalue weighted by atomic mass is 9.95. The van der Waals surface area contributed by atoms with E-state index < -0.39 is 0 Å². The smallest absolute Gasteiger partial charge is 0.213 e. The molecular weight excluding hydrogens is 296 g/mol. The first-order valence-electron chi connectivity index (χ1n) is 9.18. The molecule has 0 aliphatic carbocycles. The maximum absolute atomic E-state index is 5.43. The fraction of sp³-hybridized carbons (Fsp3) is 0.476. The highest BCUT2D eigenvalue weighted by Crippen LogP contribution is 2.32. The molecule has 0 radical (unpaired) electrons. The molecule has 1 aliphatic rings. The average Bonchev–Trinajstić information content (AvgIpc) is 2.62. The molecule has 2 heterocycles. The minimum atomic E-state index is 0.650. The van der Waals surface area contributed by atoms with E-state index in [1.807, 2.05) is 19.2 Å². The van der Waals surface area contributed by atoms with Crippen LogP contribution in [0.3, 0.4) is 0 Å². The highest BCUT2D eigenvalue weighted by Gasteiger charge is 2.18. The van der Waals surface area contributed by atoms with Crippen molar-refractivity contribution in [3.05, 3.63) is 42.1 Å². The van der Waals surface area contributed by atoms with Gasteiger partial charge in [-0.15, -0.1) is 0 Å². The Balaban J connectivity index is 1.82.